The monoisotopic (exact) mass is 854 g/mol. The molecule has 1 heterocycles. The summed E-state index contributed by atoms with van der Waals surface area (Å²) in [4.78, 5) is 30.6. The third kappa shape index (κ3) is 13.0. The molecule has 15 heteroatoms. The SMILES string of the molecule is COCC(O)COC1CN(C(=O)OCc2cccc(CO[N+](=O)[O-])c2)CC(OCc2cc(OC)c3ccccc3c2)C1c1ccc(OCCCOCc2ccccc2OC)cc1. The maximum atomic E-state index is 13.8. The minimum absolute atomic E-state index is 0.0498. The van der Waals surface area contributed by atoms with Gasteiger partial charge in [-0.2, -0.15) is 0 Å². The molecule has 5 aromatic rings. The van der Waals surface area contributed by atoms with E-state index in [-0.39, 0.29) is 52.0 Å². The second-order valence-electron chi connectivity index (χ2n) is 14.8. The Bertz CT molecular complexity index is 2190. The Balaban J connectivity index is 1.18. The van der Waals surface area contributed by atoms with Gasteiger partial charge in [-0.25, -0.2) is 4.79 Å². The van der Waals surface area contributed by atoms with Crippen molar-refractivity contribution in [3.8, 4) is 17.2 Å². The lowest BCUT2D eigenvalue weighted by molar-refractivity contribution is -0.763. The molecule has 1 aliphatic heterocycles. The van der Waals surface area contributed by atoms with E-state index in [1.54, 1.807) is 43.4 Å². The van der Waals surface area contributed by atoms with E-state index in [9.17, 15) is 20.0 Å². The molecule has 0 spiro atoms. The third-order valence-corrected chi connectivity index (χ3v) is 10.4. The van der Waals surface area contributed by atoms with Crippen LogP contribution in [0.2, 0.25) is 0 Å². The fraction of sp³-hybridized carbons (Fsp3) is 0.383. The number of fused-ring (bicyclic) bond motifs is 1. The molecule has 1 amide bonds. The van der Waals surface area contributed by atoms with Gasteiger partial charge in [0.15, 0.2) is 0 Å². The number of aliphatic hydroxyl groups is 1. The van der Waals surface area contributed by atoms with Crippen LogP contribution in [0.3, 0.4) is 0 Å². The Hall–Kier alpha value is -5.97. The highest BCUT2D eigenvalue weighted by Gasteiger charge is 2.42. The number of piperidine rings is 1. The fourth-order valence-electron chi connectivity index (χ4n) is 7.45. The molecule has 1 aliphatic rings. The highest BCUT2D eigenvalue weighted by atomic mass is 16.9. The van der Waals surface area contributed by atoms with Crippen LogP contribution >= 0.6 is 0 Å². The summed E-state index contributed by atoms with van der Waals surface area (Å²) in [6, 6.07) is 34.3. The van der Waals surface area contributed by atoms with Gasteiger partial charge in [0.25, 0.3) is 5.09 Å². The maximum absolute atomic E-state index is 13.8. The van der Waals surface area contributed by atoms with Gasteiger partial charge in [-0.15, -0.1) is 10.1 Å². The zero-order valence-corrected chi connectivity index (χ0v) is 35.2. The maximum Gasteiger partial charge on any atom is 0.410 e. The summed E-state index contributed by atoms with van der Waals surface area (Å²) < 4.78 is 47.2. The summed E-state index contributed by atoms with van der Waals surface area (Å²) in [5.41, 5.74) is 3.95. The van der Waals surface area contributed by atoms with E-state index in [1.165, 1.54) is 7.11 Å². The number of carbonyl (C=O) groups is 1. The molecule has 0 aromatic heterocycles. The van der Waals surface area contributed by atoms with Crippen LogP contribution in [0.4, 0.5) is 4.79 Å². The highest BCUT2D eigenvalue weighted by molar-refractivity contribution is 5.89. The van der Waals surface area contributed by atoms with Crippen molar-refractivity contribution in [3.63, 3.8) is 0 Å². The number of para-hydroxylation sites is 1. The van der Waals surface area contributed by atoms with Crippen molar-refractivity contribution in [2.75, 3.05) is 60.8 Å². The molecule has 15 nitrogen and oxygen atoms in total. The molecule has 1 N–H and O–H groups in total. The molecule has 0 aliphatic carbocycles. The highest BCUT2D eigenvalue weighted by Crippen LogP contribution is 2.36. The first-order chi connectivity index (χ1) is 30.2. The van der Waals surface area contributed by atoms with Crippen molar-refractivity contribution in [2.45, 2.75) is 57.1 Å². The van der Waals surface area contributed by atoms with Crippen LogP contribution in [0, 0.1) is 10.1 Å². The van der Waals surface area contributed by atoms with Gasteiger partial charge in [-0.3, -0.25) is 0 Å². The van der Waals surface area contributed by atoms with Crippen LogP contribution in [0.1, 0.15) is 40.2 Å². The van der Waals surface area contributed by atoms with Crippen LogP contribution < -0.4 is 14.2 Å². The van der Waals surface area contributed by atoms with Gasteiger partial charge in [0.2, 0.25) is 0 Å². The minimum atomic E-state index is -0.909. The van der Waals surface area contributed by atoms with E-state index in [1.807, 2.05) is 78.9 Å². The summed E-state index contributed by atoms with van der Waals surface area (Å²) in [7, 11) is 4.78. The van der Waals surface area contributed by atoms with E-state index < -0.39 is 29.5 Å². The number of carbonyl (C=O) groups excluding carboxylic acids is 1. The Morgan fingerprint density at radius 3 is 2.24 bits per heavy atom. The molecule has 1 saturated heterocycles. The van der Waals surface area contributed by atoms with E-state index in [0.717, 1.165) is 33.2 Å². The van der Waals surface area contributed by atoms with E-state index in [2.05, 4.69) is 10.9 Å². The molecular weight excluding hydrogens is 801 g/mol. The normalized spacial score (nSPS) is 16.7. The summed E-state index contributed by atoms with van der Waals surface area (Å²) in [6.07, 6.45) is -2.05. The number of methoxy groups -OCH3 is 3. The minimum Gasteiger partial charge on any atom is -0.496 e. The number of aliphatic hydroxyl groups excluding tert-OH is 1. The van der Waals surface area contributed by atoms with Crippen LogP contribution in [-0.4, -0.2) is 100 Å². The zero-order chi connectivity index (χ0) is 43.7. The molecule has 4 atom stereocenters. The second-order valence-corrected chi connectivity index (χ2v) is 14.8. The predicted molar refractivity (Wildman–Crippen MR) is 229 cm³/mol. The van der Waals surface area contributed by atoms with Crippen molar-refractivity contribution in [2.24, 2.45) is 0 Å². The number of nitrogens with zero attached hydrogens (tertiary/aromatic N) is 2. The molecule has 0 saturated carbocycles. The number of hydrogen-bond acceptors (Lipinski definition) is 13. The van der Waals surface area contributed by atoms with Crippen LogP contribution in [-0.2, 0) is 54.9 Å². The lowest BCUT2D eigenvalue weighted by Gasteiger charge is -2.43. The summed E-state index contributed by atoms with van der Waals surface area (Å²) in [6.45, 7) is 1.61. The standard InChI is InChI=1S/C47H54N2O13/c1-54-31-39(50)32-60-45-26-48(47(51)61-27-33-10-8-11-34(22-33)29-62-49(52)53)25-44(59-28-35-23-37-12-4-6-14-41(37)43(24-35)56-3)46(45)36-16-18-40(19-17-36)58-21-9-20-57-30-38-13-5-7-15-42(38)55-2/h4-8,10-19,22-24,39,44-46,50H,9,20-21,25-32H2,1-3H3. The quantitative estimate of drug-likeness (QED) is 0.0397. The Morgan fingerprint density at radius 2 is 1.48 bits per heavy atom. The first-order valence-electron chi connectivity index (χ1n) is 20.4. The lowest BCUT2D eigenvalue weighted by Crippen LogP contribution is -2.55. The van der Waals surface area contributed by atoms with Crippen molar-refractivity contribution in [3.05, 3.63) is 147 Å². The topological polar surface area (TPSA) is 167 Å². The van der Waals surface area contributed by atoms with Crippen molar-refractivity contribution < 1.29 is 57.7 Å². The van der Waals surface area contributed by atoms with Crippen molar-refractivity contribution >= 4 is 16.9 Å². The molecule has 5 aromatic carbocycles. The average Bonchev–Trinajstić information content (AvgIpc) is 3.29. The number of rotatable bonds is 23. The molecule has 330 valence electrons. The van der Waals surface area contributed by atoms with Crippen LogP contribution in [0.25, 0.3) is 10.8 Å². The first kappa shape index (κ1) is 45.6. The third-order valence-electron chi connectivity index (χ3n) is 10.4. The van der Waals surface area contributed by atoms with Gasteiger partial charge in [0.05, 0.1) is 79.2 Å². The van der Waals surface area contributed by atoms with Crippen LogP contribution in [0.5, 0.6) is 17.2 Å². The molecular formula is C47H54N2O13. The molecule has 4 unspecified atom stereocenters. The number of ether oxygens (including phenoxy) is 8. The largest absolute Gasteiger partial charge is 0.496 e. The summed E-state index contributed by atoms with van der Waals surface area (Å²) in [5, 5.41) is 22.5. The van der Waals surface area contributed by atoms with Gasteiger partial charge >= 0.3 is 6.09 Å². The van der Waals surface area contributed by atoms with Crippen molar-refractivity contribution in [1.82, 2.24) is 4.90 Å². The number of hydrogen-bond donors (Lipinski definition) is 1. The number of amides is 1. The lowest BCUT2D eigenvalue weighted by atomic mass is 9.84. The van der Waals surface area contributed by atoms with E-state index in [0.29, 0.717) is 48.9 Å². The van der Waals surface area contributed by atoms with E-state index in [4.69, 9.17) is 37.9 Å². The van der Waals surface area contributed by atoms with Gasteiger partial charge < -0.3 is 52.7 Å². The molecule has 0 bridgehead atoms. The fourth-order valence-corrected chi connectivity index (χ4v) is 7.45. The smallest absolute Gasteiger partial charge is 0.410 e. The predicted octanol–water partition coefficient (Wildman–Crippen LogP) is 7.26. The second kappa shape index (κ2) is 23.3. The summed E-state index contributed by atoms with van der Waals surface area (Å²) in [5.74, 6) is 1.81. The van der Waals surface area contributed by atoms with E-state index >= 15 is 0 Å². The molecule has 1 fully saturated rings. The Kier molecular flexibility index (Phi) is 17.1. The summed E-state index contributed by atoms with van der Waals surface area (Å²) >= 11 is 0. The number of likely N-dealkylation sites (tertiary alicyclic amines) is 1. The van der Waals surface area contributed by atoms with Gasteiger partial charge in [-0.1, -0.05) is 78.9 Å². The van der Waals surface area contributed by atoms with Crippen molar-refractivity contribution in [1.29, 1.82) is 0 Å². The molecule has 6 rings (SSSR count). The Morgan fingerprint density at radius 1 is 0.758 bits per heavy atom. The molecule has 62 heavy (non-hydrogen) atoms. The zero-order valence-electron chi connectivity index (χ0n) is 35.2. The average molecular weight is 855 g/mol. The van der Waals surface area contributed by atoms with Gasteiger partial charge in [0, 0.05) is 30.4 Å². The Labute approximate surface area is 361 Å². The van der Waals surface area contributed by atoms with Gasteiger partial charge in [0.1, 0.15) is 36.6 Å². The number of benzene rings is 5. The van der Waals surface area contributed by atoms with Crippen LogP contribution in [0.15, 0.2) is 109 Å². The first-order valence-corrected chi connectivity index (χ1v) is 20.4. The van der Waals surface area contributed by atoms with Gasteiger partial charge in [-0.05, 0) is 58.0 Å². The molecule has 0 radical (unpaired) electrons.